The Morgan fingerprint density at radius 1 is 1.00 bits per heavy atom. The number of aryl methyl sites for hydroxylation is 1. The van der Waals surface area contributed by atoms with Crippen molar-refractivity contribution >= 4 is 23.4 Å². The Kier molecular flexibility index (Phi) is 6.57. The van der Waals surface area contributed by atoms with Crippen LogP contribution in [0.15, 0.2) is 42.5 Å². The summed E-state index contributed by atoms with van der Waals surface area (Å²) >= 11 is 5.89. The number of hydrogen-bond acceptors (Lipinski definition) is 3. The molecule has 6 heteroatoms. The Balaban J connectivity index is 1.55. The predicted octanol–water partition coefficient (Wildman–Crippen LogP) is 3.57. The van der Waals surface area contributed by atoms with Crippen LogP contribution in [-0.2, 0) is 11.2 Å². The van der Waals surface area contributed by atoms with E-state index in [0.717, 1.165) is 16.9 Å². The molecule has 0 unspecified atom stereocenters. The summed E-state index contributed by atoms with van der Waals surface area (Å²) in [5.41, 5.74) is 2.55. The van der Waals surface area contributed by atoms with Crippen molar-refractivity contribution in [2.45, 2.75) is 20.3 Å². The van der Waals surface area contributed by atoms with E-state index in [1.165, 1.54) is 0 Å². The summed E-state index contributed by atoms with van der Waals surface area (Å²) in [5.74, 6) is 0.874. The Labute approximate surface area is 170 Å². The van der Waals surface area contributed by atoms with Gasteiger partial charge in [-0.2, -0.15) is 0 Å². The van der Waals surface area contributed by atoms with Crippen LogP contribution in [0.25, 0.3) is 0 Å². The summed E-state index contributed by atoms with van der Waals surface area (Å²) < 4.78 is 5.54. The molecular formula is C22H25ClN2O3. The SMILES string of the molecule is CCOc1ccc(C(=O)N2CCN(C(=O)Cc3ccc(Cl)cc3)CC2)cc1C. The van der Waals surface area contributed by atoms with Crippen molar-refractivity contribution in [3.63, 3.8) is 0 Å². The number of halogens is 1. The van der Waals surface area contributed by atoms with Gasteiger partial charge in [-0.25, -0.2) is 0 Å². The number of piperazine rings is 1. The molecule has 0 N–H and O–H groups in total. The Bertz CT molecular complexity index is 843. The number of rotatable bonds is 5. The standard InChI is InChI=1S/C22H25ClN2O3/c1-3-28-20-9-6-18(14-16(20)2)22(27)25-12-10-24(11-13-25)21(26)15-17-4-7-19(23)8-5-17/h4-9,14H,3,10-13,15H2,1-2H3. The van der Waals surface area contributed by atoms with E-state index in [4.69, 9.17) is 16.3 Å². The lowest BCUT2D eigenvalue weighted by Crippen LogP contribution is -2.51. The number of ether oxygens (including phenoxy) is 1. The molecule has 0 spiro atoms. The maximum Gasteiger partial charge on any atom is 0.253 e. The number of benzene rings is 2. The van der Waals surface area contributed by atoms with Crippen LogP contribution < -0.4 is 4.74 Å². The first-order valence-corrected chi connectivity index (χ1v) is 9.90. The third-order valence-electron chi connectivity index (χ3n) is 4.91. The molecular weight excluding hydrogens is 376 g/mol. The van der Waals surface area contributed by atoms with Crippen molar-refractivity contribution in [1.29, 1.82) is 0 Å². The van der Waals surface area contributed by atoms with Crippen LogP contribution in [0.3, 0.4) is 0 Å². The van der Waals surface area contributed by atoms with E-state index in [0.29, 0.717) is 49.8 Å². The highest BCUT2D eigenvalue weighted by Gasteiger charge is 2.25. The molecule has 2 aromatic carbocycles. The molecule has 0 bridgehead atoms. The molecule has 1 fully saturated rings. The zero-order valence-corrected chi connectivity index (χ0v) is 17.0. The maximum atomic E-state index is 12.8. The van der Waals surface area contributed by atoms with E-state index in [2.05, 4.69) is 0 Å². The lowest BCUT2D eigenvalue weighted by Gasteiger charge is -2.35. The minimum absolute atomic E-state index is 0.00375. The average Bonchev–Trinajstić information content (AvgIpc) is 2.71. The van der Waals surface area contributed by atoms with Gasteiger partial charge in [0, 0.05) is 36.8 Å². The first-order valence-electron chi connectivity index (χ1n) is 9.53. The van der Waals surface area contributed by atoms with Gasteiger partial charge < -0.3 is 14.5 Å². The van der Waals surface area contributed by atoms with Crippen molar-refractivity contribution < 1.29 is 14.3 Å². The molecule has 1 aliphatic rings. The van der Waals surface area contributed by atoms with Crippen LogP contribution in [-0.4, -0.2) is 54.4 Å². The van der Waals surface area contributed by atoms with Gasteiger partial charge in [0.1, 0.15) is 5.75 Å². The lowest BCUT2D eigenvalue weighted by atomic mass is 10.1. The second-order valence-corrected chi connectivity index (χ2v) is 7.33. The maximum absolute atomic E-state index is 12.8. The molecule has 1 saturated heterocycles. The number of carbonyl (C=O) groups is 2. The van der Waals surface area contributed by atoms with Crippen LogP contribution in [0.5, 0.6) is 5.75 Å². The molecule has 0 aromatic heterocycles. The van der Waals surface area contributed by atoms with Crippen LogP contribution in [0, 0.1) is 6.92 Å². The molecule has 2 aromatic rings. The predicted molar refractivity (Wildman–Crippen MR) is 110 cm³/mol. The summed E-state index contributed by atoms with van der Waals surface area (Å²) in [7, 11) is 0. The molecule has 3 rings (SSSR count). The van der Waals surface area contributed by atoms with Crippen molar-refractivity contribution in [2.24, 2.45) is 0 Å². The summed E-state index contributed by atoms with van der Waals surface area (Å²) in [4.78, 5) is 28.9. The Morgan fingerprint density at radius 2 is 1.64 bits per heavy atom. The van der Waals surface area contributed by atoms with E-state index >= 15 is 0 Å². The first kappa shape index (κ1) is 20.2. The van der Waals surface area contributed by atoms with Crippen LogP contribution in [0.1, 0.15) is 28.4 Å². The minimum Gasteiger partial charge on any atom is -0.494 e. The van der Waals surface area contributed by atoms with E-state index in [9.17, 15) is 9.59 Å². The number of carbonyl (C=O) groups excluding carboxylic acids is 2. The van der Waals surface area contributed by atoms with Gasteiger partial charge in [-0.15, -0.1) is 0 Å². The van der Waals surface area contributed by atoms with Gasteiger partial charge in [0.15, 0.2) is 0 Å². The zero-order valence-electron chi connectivity index (χ0n) is 16.3. The highest BCUT2D eigenvalue weighted by Crippen LogP contribution is 2.20. The fourth-order valence-electron chi connectivity index (χ4n) is 3.33. The van der Waals surface area contributed by atoms with E-state index in [1.54, 1.807) is 23.1 Å². The van der Waals surface area contributed by atoms with Crippen LogP contribution in [0.2, 0.25) is 5.02 Å². The molecule has 1 heterocycles. The van der Waals surface area contributed by atoms with Crippen LogP contribution >= 0.6 is 11.6 Å². The summed E-state index contributed by atoms with van der Waals surface area (Å²) in [6.45, 7) is 6.65. The largest absolute Gasteiger partial charge is 0.494 e. The molecule has 28 heavy (non-hydrogen) atoms. The van der Waals surface area contributed by atoms with Crippen molar-refractivity contribution in [3.05, 3.63) is 64.2 Å². The zero-order chi connectivity index (χ0) is 20.1. The normalized spacial score (nSPS) is 14.1. The molecule has 1 aliphatic heterocycles. The van der Waals surface area contributed by atoms with E-state index < -0.39 is 0 Å². The monoisotopic (exact) mass is 400 g/mol. The smallest absolute Gasteiger partial charge is 0.253 e. The van der Waals surface area contributed by atoms with Crippen molar-refractivity contribution in [1.82, 2.24) is 9.80 Å². The summed E-state index contributed by atoms with van der Waals surface area (Å²) in [5, 5.41) is 0.660. The average molecular weight is 401 g/mol. The lowest BCUT2D eigenvalue weighted by molar-refractivity contribution is -0.131. The number of amides is 2. The van der Waals surface area contributed by atoms with E-state index in [-0.39, 0.29) is 11.8 Å². The van der Waals surface area contributed by atoms with Gasteiger partial charge >= 0.3 is 0 Å². The molecule has 0 aliphatic carbocycles. The summed E-state index contributed by atoms with van der Waals surface area (Å²) in [6.07, 6.45) is 0.350. The number of nitrogens with zero attached hydrogens (tertiary/aromatic N) is 2. The second-order valence-electron chi connectivity index (χ2n) is 6.89. The second kappa shape index (κ2) is 9.11. The third-order valence-corrected chi connectivity index (χ3v) is 5.16. The van der Waals surface area contributed by atoms with Crippen molar-refractivity contribution in [2.75, 3.05) is 32.8 Å². The number of hydrogen-bond donors (Lipinski definition) is 0. The molecule has 5 nitrogen and oxygen atoms in total. The highest BCUT2D eigenvalue weighted by molar-refractivity contribution is 6.30. The van der Waals surface area contributed by atoms with Gasteiger partial charge in [-0.1, -0.05) is 23.7 Å². The molecule has 2 amide bonds. The molecule has 148 valence electrons. The Hall–Kier alpha value is -2.53. The van der Waals surface area contributed by atoms with E-state index in [1.807, 2.05) is 43.0 Å². The van der Waals surface area contributed by atoms with Crippen molar-refractivity contribution in [3.8, 4) is 5.75 Å². The van der Waals surface area contributed by atoms with Gasteiger partial charge in [0.2, 0.25) is 5.91 Å². The first-order chi connectivity index (χ1) is 13.5. The minimum atomic E-state index is -0.00375. The fourth-order valence-corrected chi connectivity index (χ4v) is 3.46. The molecule has 0 atom stereocenters. The Morgan fingerprint density at radius 3 is 2.25 bits per heavy atom. The third kappa shape index (κ3) is 4.84. The molecule has 0 radical (unpaired) electrons. The highest BCUT2D eigenvalue weighted by atomic mass is 35.5. The van der Waals surface area contributed by atoms with Gasteiger partial charge in [-0.3, -0.25) is 9.59 Å². The van der Waals surface area contributed by atoms with Gasteiger partial charge in [-0.05, 0) is 55.3 Å². The topological polar surface area (TPSA) is 49.9 Å². The van der Waals surface area contributed by atoms with Gasteiger partial charge in [0.25, 0.3) is 5.91 Å². The fraction of sp³-hybridized carbons (Fsp3) is 0.364. The summed E-state index contributed by atoms with van der Waals surface area (Å²) in [6, 6.07) is 12.8. The quantitative estimate of drug-likeness (QED) is 0.770. The van der Waals surface area contributed by atoms with Crippen LogP contribution in [0.4, 0.5) is 0 Å². The molecule has 0 saturated carbocycles. The van der Waals surface area contributed by atoms with Gasteiger partial charge in [0.05, 0.1) is 13.0 Å².